The van der Waals surface area contributed by atoms with Crippen LogP contribution in [0, 0.1) is 0 Å². The Morgan fingerprint density at radius 1 is 0.371 bits per heavy atom. The van der Waals surface area contributed by atoms with Gasteiger partial charge in [-0.25, -0.2) is 0 Å². The van der Waals surface area contributed by atoms with Gasteiger partial charge >= 0.3 is 0 Å². The van der Waals surface area contributed by atoms with Crippen LogP contribution < -0.4 is 0 Å². The predicted octanol–water partition coefficient (Wildman–Crippen LogP) is 16.8. The lowest BCUT2D eigenvalue weighted by Crippen LogP contribution is -1.93. The van der Waals surface area contributed by atoms with E-state index in [1.165, 1.54) is 0 Å². The van der Waals surface area contributed by atoms with E-state index in [0.717, 1.165) is 60.3 Å². The molecule has 11 aromatic carbocycles. The predicted molar refractivity (Wildman–Crippen MR) is 262 cm³/mol. The van der Waals surface area contributed by atoms with Crippen LogP contribution in [0.1, 0.15) is 17.8 Å². The average Bonchev–Trinajstić information content (AvgIpc) is 4.02. The Morgan fingerprint density at radius 2 is 0.935 bits per heavy atom. The monoisotopic (exact) mass is 800 g/mol. The topological polar surface area (TPSA) is 18.1 Å². The van der Waals surface area contributed by atoms with Gasteiger partial charge in [0.05, 0.1) is 28.9 Å². The van der Waals surface area contributed by atoms with Crippen LogP contribution in [0.3, 0.4) is 0 Å². The molecule has 0 N–H and O–H groups in total. The fraction of sp³-hybridized carbons (Fsp3) is 0. The summed E-state index contributed by atoms with van der Waals surface area (Å²) in [6.45, 7) is 0. The molecule has 0 aliphatic heterocycles. The Hall–Kier alpha value is -8.20. The van der Waals surface area contributed by atoms with Crippen molar-refractivity contribution >= 4 is 76.1 Å². The van der Waals surface area contributed by atoms with Gasteiger partial charge in [0.1, 0.15) is 11.2 Å². The van der Waals surface area contributed by atoms with E-state index >= 15 is 0 Å². The minimum Gasteiger partial charge on any atom is -0.455 e. The number of rotatable bonds is 5. The summed E-state index contributed by atoms with van der Waals surface area (Å²) in [7, 11) is 0. The molecule has 0 spiro atoms. The molecule has 62 heavy (non-hydrogen) atoms. The van der Waals surface area contributed by atoms with Crippen LogP contribution in [0.15, 0.2) is 229 Å². The second-order valence-electron chi connectivity index (χ2n) is 15.4. The van der Waals surface area contributed by atoms with Crippen LogP contribution in [0.4, 0.5) is 0 Å². The molecular formula is C60H37NO. The van der Waals surface area contributed by atoms with Gasteiger partial charge in [-0.15, -0.1) is 0 Å². The molecule has 0 saturated carbocycles. The fourth-order valence-electron chi connectivity index (χ4n) is 9.49. The molecule has 2 nitrogen and oxygen atoms in total. The summed E-state index contributed by atoms with van der Waals surface area (Å²) >= 11 is 0. The number of hydrogen-bond donors (Lipinski definition) is 0. The van der Waals surface area contributed by atoms with Crippen molar-refractivity contribution in [3.63, 3.8) is 0 Å². The van der Waals surface area contributed by atoms with Crippen LogP contribution >= 0.6 is 0 Å². The molecule has 0 aliphatic carbocycles. The first-order valence-corrected chi connectivity index (χ1v) is 20.3. The molecule has 13 rings (SSSR count). The zero-order valence-electron chi connectivity index (χ0n) is 45.7. The van der Waals surface area contributed by atoms with Crippen molar-refractivity contribution in [2.24, 2.45) is 0 Å². The van der Waals surface area contributed by atoms with E-state index in [0.29, 0.717) is 27.7 Å². The summed E-state index contributed by atoms with van der Waals surface area (Å²) in [5.41, 5.74) is 6.98. The van der Waals surface area contributed by atoms with Crippen molar-refractivity contribution < 1.29 is 22.2 Å². The zero-order valence-corrected chi connectivity index (χ0v) is 32.7. The van der Waals surface area contributed by atoms with Crippen LogP contribution in [0.2, 0.25) is 0 Å². The quantitative estimate of drug-likeness (QED) is 0.159. The number of hydrogen-bond acceptors (Lipinski definition) is 1. The van der Waals surface area contributed by atoms with Crippen molar-refractivity contribution in [1.82, 2.24) is 4.57 Å². The third kappa shape index (κ3) is 5.17. The number of fused-ring (bicyclic) bond motifs is 9. The van der Waals surface area contributed by atoms with Gasteiger partial charge < -0.3 is 8.98 Å². The van der Waals surface area contributed by atoms with Gasteiger partial charge in [-0.3, -0.25) is 0 Å². The summed E-state index contributed by atoms with van der Waals surface area (Å²) in [5, 5.41) is 4.46. The second-order valence-corrected chi connectivity index (χ2v) is 15.4. The maximum absolute atomic E-state index is 9.64. The van der Waals surface area contributed by atoms with Crippen molar-refractivity contribution in [3.8, 4) is 50.2 Å². The lowest BCUT2D eigenvalue weighted by atomic mass is 9.84. The molecule has 288 valence electrons. The van der Waals surface area contributed by atoms with E-state index in [1.54, 1.807) is 0 Å². The summed E-state index contributed by atoms with van der Waals surface area (Å²) in [5.74, 6) is 0. The number of aromatic nitrogens is 1. The molecule has 0 atom stereocenters. The van der Waals surface area contributed by atoms with Gasteiger partial charge in [0.25, 0.3) is 0 Å². The maximum atomic E-state index is 9.64. The van der Waals surface area contributed by atoms with Crippen LogP contribution in [0.5, 0.6) is 0 Å². The second kappa shape index (κ2) is 13.7. The molecule has 0 unspecified atom stereocenters. The van der Waals surface area contributed by atoms with Crippen LogP contribution in [0.25, 0.3) is 126 Å². The Kier molecular flexibility index (Phi) is 5.33. The number of para-hydroxylation sites is 2. The lowest BCUT2D eigenvalue weighted by Gasteiger charge is -2.19. The lowest BCUT2D eigenvalue weighted by molar-refractivity contribution is 0.670. The molecule has 0 amide bonds. The third-order valence-corrected chi connectivity index (χ3v) is 12.1. The van der Waals surface area contributed by atoms with Gasteiger partial charge in [0.15, 0.2) is 0 Å². The van der Waals surface area contributed by atoms with Gasteiger partial charge in [0, 0.05) is 32.8 Å². The molecule has 0 bridgehead atoms. The number of nitrogens with zero attached hydrogens (tertiary/aromatic N) is 1. The van der Waals surface area contributed by atoms with E-state index in [1.807, 2.05) is 109 Å². The van der Waals surface area contributed by atoms with Crippen molar-refractivity contribution in [1.29, 1.82) is 0 Å². The normalized spacial score (nSPS) is 14.8. The van der Waals surface area contributed by atoms with Gasteiger partial charge in [0.2, 0.25) is 0 Å². The standard InChI is InChI=1S/C60H37NO/c1-3-17-38(18-4-1)44-32-33-51(59-53-37-42(31-34-56(53)62-60(44)59)61-54-29-15-13-23-45(54)46-24-14-16-30-55(46)61)52-36-41(35-40-21-7-8-22-43(40)52)58-49-27-11-9-25-47(49)57(39-19-5-2-6-20-39)48-26-10-12-28-50(48)58/h1-37H/i2D,5D,6D,9D,10D,11D,12D,19D,20D,25D,26D,27D,28D. The summed E-state index contributed by atoms with van der Waals surface area (Å²) in [6, 6.07) is 39.5. The Morgan fingerprint density at radius 3 is 1.61 bits per heavy atom. The third-order valence-electron chi connectivity index (χ3n) is 12.1. The molecule has 13 aromatic rings. The zero-order chi connectivity index (χ0) is 52.0. The first-order valence-electron chi connectivity index (χ1n) is 26.8. The molecule has 2 aromatic heterocycles. The van der Waals surface area contributed by atoms with E-state index in [4.69, 9.17) is 16.8 Å². The Balaban J connectivity index is 1.20. The largest absolute Gasteiger partial charge is 0.455 e. The van der Waals surface area contributed by atoms with Gasteiger partial charge in [-0.1, -0.05) is 176 Å². The number of furan rings is 1. The van der Waals surface area contributed by atoms with E-state index < -0.39 is 84.1 Å². The van der Waals surface area contributed by atoms with Gasteiger partial charge in [-0.05, 0) is 120 Å². The highest BCUT2D eigenvalue weighted by Gasteiger charge is 2.23. The Labute approximate surface area is 376 Å². The fourth-order valence-corrected chi connectivity index (χ4v) is 9.49. The minimum atomic E-state index is -0.726. The molecule has 0 aliphatic rings. The van der Waals surface area contributed by atoms with Crippen molar-refractivity contribution in [2.45, 2.75) is 0 Å². The molecule has 2 heterocycles. The highest BCUT2D eigenvalue weighted by Crippen LogP contribution is 2.48. The number of benzene rings is 11. The van der Waals surface area contributed by atoms with Crippen LogP contribution in [-0.4, -0.2) is 4.57 Å². The highest BCUT2D eigenvalue weighted by molar-refractivity contribution is 6.24. The molecular weight excluding hydrogens is 751 g/mol. The van der Waals surface area contributed by atoms with E-state index in [2.05, 4.69) is 41.0 Å². The molecule has 0 radical (unpaired) electrons. The van der Waals surface area contributed by atoms with Crippen molar-refractivity contribution in [3.05, 3.63) is 224 Å². The maximum Gasteiger partial charge on any atom is 0.143 e. The summed E-state index contributed by atoms with van der Waals surface area (Å²) in [6.07, 6.45) is 0. The molecule has 0 fully saturated rings. The SMILES string of the molecule is [2H]c1c([2H])c([2H])c(-c2c3c([2H])c([2H])c([2H])c([2H])c3c(-c3cc(-c4ccc(-c5ccccc5)c5oc6ccc(-n7c8ccccc8c8ccccc87)cc6c45)c4ccccc4c3)c3c([2H])c([2H])c([2H])c([2H])c23)c([2H])c1[2H]. The summed E-state index contributed by atoms with van der Waals surface area (Å²) < 4.78 is 128. The van der Waals surface area contributed by atoms with Gasteiger partial charge in [-0.2, -0.15) is 0 Å². The van der Waals surface area contributed by atoms with E-state index in [9.17, 15) is 5.48 Å². The van der Waals surface area contributed by atoms with E-state index in [-0.39, 0.29) is 32.7 Å². The highest BCUT2D eigenvalue weighted by atomic mass is 16.3. The molecule has 2 heteroatoms. The summed E-state index contributed by atoms with van der Waals surface area (Å²) in [4.78, 5) is 0. The first kappa shape index (κ1) is 24.2. The Bertz CT molecular complexity index is 4530. The first-order chi connectivity index (χ1) is 36.2. The molecule has 0 saturated heterocycles. The smallest absolute Gasteiger partial charge is 0.143 e. The van der Waals surface area contributed by atoms with Crippen molar-refractivity contribution in [2.75, 3.05) is 0 Å². The average molecular weight is 801 g/mol. The van der Waals surface area contributed by atoms with Crippen LogP contribution in [-0.2, 0) is 0 Å². The minimum absolute atomic E-state index is 0.0463.